The van der Waals surface area contributed by atoms with E-state index in [1.807, 2.05) is 0 Å². The highest BCUT2D eigenvalue weighted by atomic mass is 16.6. The van der Waals surface area contributed by atoms with Crippen LogP contribution in [-0.4, -0.2) is 37.2 Å². The lowest BCUT2D eigenvalue weighted by atomic mass is 10.0. The lowest BCUT2D eigenvalue weighted by molar-refractivity contribution is -0.167. The molecule has 362 valence electrons. The zero-order chi connectivity index (χ0) is 45.8. The van der Waals surface area contributed by atoms with E-state index in [9.17, 15) is 14.4 Å². The molecule has 1 unspecified atom stereocenters. The highest BCUT2D eigenvalue weighted by molar-refractivity contribution is 5.71. The van der Waals surface area contributed by atoms with Crippen molar-refractivity contribution in [3.63, 3.8) is 0 Å². The summed E-state index contributed by atoms with van der Waals surface area (Å²) in [7, 11) is 0. The van der Waals surface area contributed by atoms with Crippen molar-refractivity contribution < 1.29 is 28.6 Å². The van der Waals surface area contributed by atoms with E-state index >= 15 is 0 Å². The van der Waals surface area contributed by atoms with Gasteiger partial charge in [-0.25, -0.2) is 0 Å². The van der Waals surface area contributed by atoms with Gasteiger partial charge < -0.3 is 14.2 Å². The van der Waals surface area contributed by atoms with Crippen LogP contribution >= 0.6 is 0 Å². The van der Waals surface area contributed by atoms with Crippen LogP contribution in [-0.2, 0) is 28.6 Å². The maximum absolute atomic E-state index is 12.8. The van der Waals surface area contributed by atoms with Gasteiger partial charge >= 0.3 is 17.9 Å². The summed E-state index contributed by atoms with van der Waals surface area (Å²) in [6, 6.07) is 0. The molecule has 0 radical (unpaired) electrons. The molecule has 0 N–H and O–H groups in total. The van der Waals surface area contributed by atoms with E-state index in [0.717, 1.165) is 109 Å². The van der Waals surface area contributed by atoms with Crippen LogP contribution in [0, 0.1) is 0 Å². The predicted molar refractivity (Wildman–Crippen MR) is 270 cm³/mol. The average molecular weight is 879 g/mol. The Kier molecular flexibility index (Phi) is 48.9. The largest absolute Gasteiger partial charge is 0.462 e. The maximum Gasteiger partial charge on any atom is 0.306 e. The third-order valence-electron chi connectivity index (χ3n) is 11.2. The van der Waals surface area contributed by atoms with Gasteiger partial charge in [-0.3, -0.25) is 14.4 Å². The molecule has 0 saturated carbocycles. The van der Waals surface area contributed by atoms with Crippen molar-refractivity contribution >= 4 is 17.9 Å². The number of allylic oxidation sites excluding steroid dienone is 12. The summed E-state index contributed by atoms with van der Waals surface area (Å²) in [5.41, 5.74) is 0. The summed E-state index contributed by atoms with van der Waals surface area (Å²) in [6.45, 7) is 6.45. The number of carbonyl (C=O) groups excluding carboxylic acids is 3. The molecule has 0 fully saturated rings. The minimum atomic E-state index is -0.780. The van der Waals surface area contributed by atoms with Crippen molar-refractivity contribution in [2.45, 2.75) is 258 Å². The molecular formula is C57H98O6. The highest BCUT2D eigenvalue weighted by Gasteiger charge is 2.19. The van der Waals surface area contributed by atoms with Gasteiger partial charge in [0.05, 0.1) is 0 Å². The molecule has 0 heterocycles. The quantitative estimate of drug-likeness (QED) is 0.0262. The standard InChI is InChI=1S/C57H98O6/c1-4-7-10-13-16-18-20-22-24-26-27-28-29-30-31-32-34-35-37-39-41-44-47-50-56(59)62-53-54(52-61-55(58)49-46-43-15-12-9-6-3)63-57(60)51-48-45-42-40-38-36-33-25-23-21-19-17-14-11-8-5-2/h7,10,16,18,22,24,27-28,30-31,34-35,54H,4-6,8-9,11-15,17,19-21,23,25-26,29,32-33,36-53H2,1-3H3/b10-7-,18-16-,24-22-,28-27-,31-30-,35-34-. The van der Waals surface area contributed by atoms with Gasteiger partial charge in [0, 0.05) is 19.3 Å². The molecule has 6 heteroatoms. The van der Waals surface area contributed by atoms with Crippen LogP contribution in [0.3, 0.4) is 0 Å². The van der Waals surface area contributed by atoms with Crippen LogP contribution in [0.25, 0.3) is 0 Å². The lowest BCUT2D eigenvalue weighted by Crippen LogP contribution is -2.30. The lowest BCUT2D eigenvalue weighted by Gasteiger charge is -2.18. The monoisotopic (exact) mass is 879 g/mol. The third-order valence-corrected chi connectivity index (χ3v) is 11.2. The van der Waals surface area contributed by atoms with E-state index in [1.165, 1.54) is 103 Å². The number of esters is 3. The highest BCUT2D eigenvalue weighted by Crippen LogP contribution is 2.15. The summed E-state index contributed by atoms with van der Waals surface area (Å²) >= 11 is 0. The number of hydrogen-bond donors (Lipinski definition) is 0. The maximum atomic E-state index is 12.8. The van der Waals surface area contributed by atoms with Crippen molar-refractivity contribution in [3.05, 3.63) is 72.9 Å². The molecule has 0 aromatic carbocycles. The molecule has 63 heavy (non-hydrogen) atoms. The van der Waals surface area contributed by atoms with E-state index in [1.54, 1.807) is 0 Å². The molecule has 0 aliphatic carbocycles. The number of ether oxygens (including phenoxy) is 3. The Morgan fingerprint density at radius 3 is 0.968 bits per heavy atom. The molecule has 0 aromatic rings. The number of rotatable bonds is 47. The predicted octanol–water partition coefficient (Wildman–Crippen LogP) is 17.4. The number of hydrogen-bond acceptors (Lipinski definition) is 6. The van der Waals surface area contributed by atoms with Crippen LogP contribution in [0.5, 0.6) is 0 Å². The fraction of sp³-hybridized carbons (Fsp3) is 0.737. The van der Waals surface area contributed by atoms with Crippen LogP contribution in [0.1, 0.15) is 252 Å². The molecule has 0 amide bonds. The van der Waals surface area contributed by atoms with Gasteiger partial charge in [0.15, 0.2) is 6.10 Å². The van der Waals surface area contributed by atoms with Crippen LogP contribution in [0.15, 0.2) is 72.9 Å². The van der Waals surface area contributed by atoms with Crippen LogP contribution in [0.4, 0.5) is 0 Å². The first-order chi connectivity index (χ1) is 31.0. The van der Waals surface area contributed by atoms with Crippen molar-refractivity contribution in [2.75, 3.05) is 13.2 Å². The van der Waals surface area contributed by atoms with Crippen molar-refractivity contribution in [1.29, 1.82) is 0 Å². The Hall–Kier alpha value is -3.15. The fourth-order valence-corrected chi connectivity index (χ4v) is 7.27. The Morgan fingerprint density at radius 1 is 0.333 bits per heavy atom. The molecule has 0 saturated heterocycles. The van der Waals surface area contributed by atoms with Crippen LogP contribution in [0.2, 0.25) is 0 Å². The molecule has 1 atom stereocenters. The first-order valence-electron chi connectivity index (χ1n) is 26.4. The summed E-state index contributed by atoms with van der Waals surface area (Å²) in [4.78, 5) is 37.8. The summed E-state index contributed by atoms with van der Waals surface area (Å²) in [5.74, 6) is -0.913. The molecule has 6 nitrogen and oxygen atoms in total. The van der Waals surface area contributed by atoms with E-state index < -0.39 is 6.10 Å². The zero-order valence-corrected chi connectivity index (χ0v) is 41.3. The minimum absolute atomic E-state index is 0.0821. The molecule has 0 aromatic heterocycles. The molecule has 0 spiro atoms. The Morgan fingerprint density at radius 2 is 0.619 bits per heavy atom. The second-order valence-corrected chi connectivity index (χ2v) is 17.4. The number of unbranched alkanes of at least 4 members (excludes halogenated alkanes) is 24. The Balaban J connectivity index is 4.24. The van der Waals surface area contributed by atoms with Gasteiger partial charge in [-0.15, -0.1) is 0 Å². The fourth-order valence-electron chi connectivity index (χ4n) is 7.27. The summed E-state index contributed by atoms with van der Waals surface area (Å²) in [6.07, 6.45) is 64.8. The van der Waals surface area contributed by atoms with E-state index in [-0.39, 0.29) is 31.1 Å². The van der Waals surface area contributed by atoms with Gasteiger partial charge in [-0.05, 0) is 70.6 Å². The van der Waals surface area contributed by atoms with E-state index in [0.29, 0.717) is 19.3 Å². The minimum Gasteiger partial charge on any atom is -0.462 e. The average Bonchev–Trinajstić information content (AvgIpc) is 3.28. The van der Waals surface area contributed by atoms with E-state index in [2.05, 4.69) is 93.7 Å². The Bertz CT molecular complexity index is 1190. The Labute approximate surface area is 389 Å². The molecular weight excluding hydrogens is 781 g/mol. The second kappa shape index (κ2) is 51.5. The van der Waals surface area contributed by atoms with Gasteiger partial charge in [-0.1, -0.05) is 235 Å². The summed E-state index contributed by atoms with van der Waals surface area (Å²) in [5, 5.41) is 0. The van der Waals surface area contributed by atoms with Gasteiger partial charge in [0.1, 0.15) is 13.2 Å². The molecule has 0 bridgehead atoms. The topological polar surface area (TPSA) is 78.9 Å². The van der Waals surface area contributed by atoms with Crippen LogP contribution < -0.4 is 0 Å². The third kappa shape index (κ3) is 49.7. The van der Waals surface area contributed by atoms with E-state index in [4.69, 9.17) is 14.2 Å². The number of carbonyl (C=O) groups is 3. The van der Waals surface area contributed by atoms with Crippen molar-refractivity contribution in [1.82, 2.24) is 0 Å². The first-order valence-corrected chi connectivity index (χ1v) is 26.4. The SMILES string of the molecule is CC/C=C\C/C=C\C/C=C\C/C=C\C/C=C\C/C=C\CCCCCCC(=O)OCC(COC(=O)CCCCCCCC)OC(=O)CCCCCCCCCCCCCCCCCC. The smallest absolute Gasteiger partial charge is 0.306 e. The second-order valence-electron chi connectivity index (χ2n) is 17.4. The molecule has 0 rings (SSSR count). The van der Waals surface area contributed by atoms with Gasteiger partial charge in [0.2, 0.25) is 0 Å². The zero-order valence-electron chi connectivity index (χ0n) is 41.3. The molecule has 0 aliphatic rings. The van der Waals surface area contributed by atoms with Gasteiger partial charge in [-0.2, -0.15) is 0 Å². The normalized spacial score (nSPS) is 12.6. The summed E-state index contributed by atoms with van der Waals surface area (Å²) < 4.78 is 16.7. The molecule has 0 aliphatic heterocycles. The van der Waals surface area contributed by atoms with Gasteiger partial charge in [0.25, 0.3) is 0 Å². The van der Waals surface area contributed by atoms with Crippen molar-refractivity contribution in [3.8, 4) is 0 Å². The van der Waals surface area contributed by atoms with Crippen molar-refractivity contribution in [2.24, 2.45) is 0 Å². The first kappa shape index (κ1) is 59.9.